The lowest BCUT2D eigenvalue weighted by Crippen LogP contribution is -2.15. The first-order valence-corrected chi connectivity index (χ1v) is 8.48. The van der Waals surface area contributed by atoms with Crippen molar-refractivity contribution < 1.29 is 4.74 Å². The van der Waals surface area contributed by atoms with E-state index in [2.05, 4.69) is 27.5 Å². The molecule has 20 heavy (non-hydrogen) atoms. The van der Waals surface area contributed by atoms with Gasteiger partial charge >= 0.3 is 0 Å². The minimum atomic E-state index is 0.462. The Morgan fingerprint density at radius 3 is 2.75 bits per heavy atom. The second kappa shape index (κ2) is 8.32. The lowest BCUT2D eigenvalue weighted by Gasteiger charge is -2.13. The van der Waals surface area contributed by atoms with E-state index >= 15 is 0 Å². The average Bonchev–Trinajstić information content (AvgIpc) is 2.96. The number of hydrogen-bond acceptors (Lipinski definition) is 6. The highest BCUT2D eigenvalue weighted by atomic mass is 32.2. The molecule has 1 aromatic rings. The summed E-state index contributed by atoms with van der Waals surface area (Å²) in [6.07, 6.45) is 1.30. The van der Waals surface area contributed by atoms with Crippen LogP contribution in [0.25, 0.3) is 0 Å². The van der Waals surface area contributed by atoms with Gasteiger partial charge in [-0.05, 0) is 37.7 Å². The van der Waals surface area contributed by atoms with Gasteiger partial charge in [-0.25, -0.2) is 9.97 Å². The van der Waals surface area contributed by atoms with Crippen LogP contribution in [0.15, 0.2) is 6.07 Å². The fourth-order valence-corrected chi connectivity index (χ4v) is 3.40. The van der Waals surface area contributed by atoms with Crippen LogP contribution in [0.4, 0.5) is 11.6 Å². The highest BCUT2D eigenvalue weighted by Crippen LogP contribution is 2.23. The van der Waals surface area contributed by atoms with E-state index < -0.39 is 0 Å². The van der Waals surface area contributed by atoms with Crippen molar-refractivity contribution >= 4 is 23.4 Å². The van der Waals surface area contributed by atoms with Crippen molar-refractivity contribution in [2.45, 2.75) is 26.9 Å². The molecule has 1 aromatic heterocycles. The third-order valence-electron chi connectivity index (χ3n) is 3.16. The zero-order valence-corrected chi connectivity index (χ0v) is 13.1. The Labute approximate surface area is 125 Å². The standard InChI is InChI=1S/C14H24N4OS/c1-3-15-12-7-13(16-8-11-5-6-20-10-11)18-14(17-12)9-19-4-2/h7,11H,3-6,8-10H2,1-2H3,(H2,15,16,17,18). The number of hydrogen-bond donors (Lipinski definition) is 2. The Balaban J connectivity index is 1.98. The summed E-state index contributed by atoms with van der Waals surface area (Å²) in [4.78, 5) is 8.97. The fraction of sp³-hybridized carbons (Fsp3) is 0.714. The maximum Gasteiger partial charge on any atom is 0.158 e. The highest BCUT2D eigenvalue weighted by molar-refractivity contribution is 7.99. The first-order chi connectivity index (χ1) is 9.81. The van der Waals surface area contributed by atoms with Crippen molar-refractivity contribution in [2.24, 2.45) is 5.92 Å². The maximum absolute atomic E-state index is 5.40. The first kappa shape index (κ1) is 15.4. The topological polar surface area (TPSA) is 59.1 Å². The predicted octanol–water partition coefficient (Wildman–Crippen LogP) is 2.61. The van der Waals surface area contributed by atoms with Crippen molar-refractivity contribution in [1.82, 2.24) is 9.97 Å². The summed E-state index contributed by atoms with van der Waals surface area (Å²) in [5, 5.41) is 6.68. The molecule has 0 amide bonds. The number of nitrogens with one attached hydrogen (secondary N) is 2. The molecular formula is C14H24N4OS. The van der Waals surface area contributed by atoms with E-state index in [4.69, 9.17) is 4.74 Å². The van der Waals surface area contributed by atoms with Gasteiger partial charge in [0.25, 0.3) is 0 Å². The van der Waals surface area contributed by atoms with Gasteiger partial charge in [0, 0.05) is 25.8 Å². The molecule has 0 saturated carbocycles. The molecule has 0 spiro atoms. The molecule has 0 bridgehead atoms. The van der Waals surface area contributed by atoms with Crippen molar-refractivity contribution in [3.05, 3.63) is 11.9 Å². The fourth-order valence-electron chi connectivity index (χ4n) is 2.11. The lowest BCUT2D eigenvalue weighted by molar-refractivity contribution is 0.128. The number of ether oxygens (including phenoxy) is 1. The van der Waals surface area contributed by atoms with E-state index in [1.54, 1.807) is 0 Å². The molecule has 0 aliphatic carbocycles. The predicted molar refractivity (Wildman–Crippen MR) is 85.4 cm³/mol. The molecule has 0 aromatic carbocycles. The van der Waals surface area contributed by atoms with Crippen LogP contribution in [0.1, 0.15) is 26.1 Å². The van der Waals surface area contributed by atoms with Crippen LogP contribution >= 0.6 is 11.8 Å². The number of rotatable bonds is 8. The number of nitrogens with zero attached hydrogens (tertiary/aromatic N) is 2. The Morgan fingerprint density at radius 2 is 2.10 bits per heavy atom. The third-order valence-corrected chi connectivity index (χ3v) is 4.39. The van der Waals surface area contributed by atoms with Gasteiger partial charge in [-0.15, -0.1) is 0 Å². The molecule has 1 aliphatic heterocycles. The molecule has 2 N–H and O–H groups in total. The Bertz CT molecular complexity index is 410. The van der Waals surface area contributed by atoms with Gasteiger partial charge < -0.3 is 15.4 Å². The molecule has 5 nitrogen and oxygen atoms in total. The quantitative estimate of drug-likeness (QED) is 0.769. The molecule has 6 heteroatoms. The Hall–Kier alpha value is -1.01. The summed E-state index contributed by atoms with van der Waals surface area (Å²) < 4.78 is 5.40. The molecule has 2 heterocycles. The van der Waals surface area contributed by atoms with E-state index in [1.807, 2.05) is 24.8 Å². The number of aromatic nitrogens is 2. The summed E-state index contributed by atoms with van der Waals surface area (Å²) in [5.41, 5.74) is 0. The van der Waals surface area contributed by atoms with Gasteiger partial charge in [0.15, 0.2) is 5.82 Å². The Kier molecular flexibility index (Phi) is 6.39. The first-order valence-electron chi connectivity index (χ1n) is 7.33. The molecule has 112 valence electrons. The molecule has 1 fully saturated rings. The van der Waals surface area contributed by atoms with E-state index in [-0.39, 0.29) is 0 Å². The summed E-state index contributed by atoms with van der Waals surface area (Å²) in [7, 11) is 0. The molecule has 2 rings (SSSR count). The minimum Gasteiger partial charge on any atom is -0.374 e. The number of anilines is 2. The number of thioether (sulfide) groups is 1. The summed E-state index contributed by atoms with van der Waals surface area (Å²) in [6, 6.07) is 1.97. The highest BCUT2D eigenvalue weighted by Gasteiger charge is 2.15. The van der Waals surface area contributed by atoms with Crippen LogP contribution in [0.2, 0.25) is 0 Å². The van der Waals surface area contributed by atoms with Gasteiger partial charge in [0.1, 0.15) is 18.2 Å². The zero-order valence-electron chi connectivity index (χ0n) is 12.3. The van der Waals surface area contributed by atoms with Crippen LogP contribution in [0.5, 0.6) is 0 Å². The largest absolute Gasteiger partial charge is 0.374 e. The molecular weight excluding hydrogens is 272 g/mol. The summed E-state index contributed by atoms with van der Waals surface area (Å²) in [6.45, 7) is 7.02. The van der Waals surface area contributed by atoms with Gasteiger partial charge in [-0.3, -0.25) is 0 Å². The van der Waals surface area contributed by atoms with Crippen LogP contribution in [0, 0.1) is 5.92 Å². The van der Waals surface area contributed by atoms with Crippen LogP contribution < -0.4 is 10.6 Å². The summed E-state index contributed by atoms with van der Waals surface area (Å²) >= 11 is 2.04. The SMILES string of the molecule is CCNc1cc(NCC2CCSC2)nc(COCC)n1. The molecule has 0 radical (unpaired) electrons. The Morgan fingerprint density at radius 1 is 1.30 bits per heavy atom. The second-order valence-electron chi connectivity index (χ2n) is 4.83. The molecule has 1 saturated heterocycles. The van der Waals surface area contributed by atoms with E-state index in [0.29, 0.717) is 13.2 Å². The van der Waals surface area contributed by atoms with Gasteiger partial charge in [-0.1, -0.05) is 0 Å². The molecule has 1 atom stereocenters. The smallest absolute Gasteiger partial charge is 0.158 e. The van der Waals surface area contributed by atoms with Crippen molar-refractivity contribution in [1.29, 1.82) is 0 Å². The zero-order chi connectivity index (χ0) is 14.2. The average molecular weight is 296 g/mol. The van der Waals surface area contributed by atoms with Crippen LogP contribution in [0.3, 0.4) is 0 Å². The normalized spacial score (nSPS) is 18.2. The molecule has 1 unspecified atom stereocenters. The van der Waals surface area contributed by atoms with E-state index in [0.717, 1.165) is 36.5 Å². The van der Waals surface area contributed by atoms with Crippen molar-refractivity contribution in [3.63, 3.8) is 0 Å². The second-order valence-corrected chi connectivity index (χ2v) is 5.98. The van der Waals surface area contributed by atoms with Crippen LogP contribution in [-0.2, 0) is 11.3 Å². The maximum atomic E-state index is 5.40. The van der Waals surface area contributed by atoms with Gasteiger partial charge in [0.2, 0.25) is 0 Å². The minimum absolute atomic E-state index is 0.462. The lowest BCUT2D eigenvalue weighted by atomic mass is 10.1. The van der Waals surface area contributed by atoms with Crippen LogP contribution in [-0.4, -0.2) is 41.2 Å². The van der Waals surface area contributed by atoms with Gasteiger partial charge in [0.05, 0.1) is 0 Å². The van der Waals surface area contributed by atoms with Crippen molar-refractivity contribution in [2.75, 3.05) is 41.8 Å². The van der Waals surface area contributed by atoms with E-state index in [9.17, 15) is 0 Å². The van der Waals surface area contributed by atoms with Gasteiger partial charge in [-0.2, -0.15) is 11.8 Å². The third kappa shape index (κ3) is 4.83. The monoisotopic (exact) mass is 296 g/mol. The molecule has 1 aliphatic rings. The summed E-state index contributed by atoms with van der Waals surface area (Å²) in [5.74, 6) is 5.78. The van der Waals surface area contributed by atoms with Crippen molar-refractivity contribution in [3.8, 4) is 0 Å². The van der Waals surface area contributed by atoms with E-state index in [1.165, 1.54) is 17.9 Å².